The van der Waals surface area contributed by atoms with Crippen LogP contribution < -0.4 is 9.64 Å². The van der Waals surface area contributed by atoms with Crippen molar-refractivity contribution in [1.29, 1.82) is 0 Å². The molecule has 39 heavy (non-hydrogen) atoms. The molecule has 1 heterocycles. The number of fused-ring (bicyclic) bond motifs is 1. The smallest absolute Gasteiger partial charge is 0.416 e. The molecule has 212 valence electrons. The van der Waals surface area contributed by atoms with Crippen molar-refractivity contribution in [3.63, 3.8) is 0 Å². The zero-order valence-electron chi connectivity index (χ0n) is 23.2. The second-order valence-corrected chi connectivity index (χ2v) is 11.6. The van der Waals surface area contributed by atoms with Crippen LogP contribution >= 0.6 is 0 Å². The van der Waals surface area contributed by atoms with Gasteiger partial charge in [-0.1, -0.05) is 31.4 Å². The summed E-state index contributed by atoms with van der Waals surface area (Å²) in [6, 6.07) is 8.18. The summed E-state index contributed by atoms with van der Waals surface area (Å²) >= 11 is 0. The van der Waals surface area contributed by atoms with E-state index in [1.54, 1.807) is 43.9 Å². The average molecular weight is 546 g/mol. The van der Waals surface area contributed by atoms with E-state index in [2.05, 4.69) is 0 Å². The van der Waals surface area contributed by atoms with Crippen molar-refractivity contribution in [2.75, 3.05) is 11.4 Å². The van der Waals surface area contributed by atoms with Crippen molar-refractivity contribution < 1.29 is 32.2 Å². The van der Waals surface area contributed by atoms with Gasteiger partial charge in [0.15, 0.2) is 0 Å². The lowest BCUT2D eigenvalue weighted by atomic mass is 9.81. The largest absolute Gasteiger partial charge is 0.489 e. The van der Waals surface area contributed by atoms with Gasteiger partial charge < -0.3 is 14.4 Å². The minimum Gasteiger partial charge on any atom is -0.489 e. The molecule has 0 N–H and O–H groups in total. The quantitative estimate of drug-likeness (QED) is 0.335. The fraction of sp³-hybridized carbons (Fsp3) is 0.548. The predicted octanol–water partition coefficient (Wildman–Crippen LogP) is 7.65. The fourth-order valence-corrected chi connectivity index (χ4v) is 5.65. The first kappa shape index (κ1) is 29.0. The van der Waals surface area contributed by atoms with E-state index >= 15 is 0 Å². The van der Waals surface area contributed by atoms with Crippen LogP contribution in [0.3, 0.4) is 0 Å². The van der Waals surface area contributed by atoms with Gasteiger partial charge in [0, 0.05) is 18.7 Å². The highest BCUT2D eigenvalue weighted by atomic mass is 19.4. The molecule has 1 aliphatic heterocycles. The molecule has 1 fully saturated rings. The lowest BCUT2D eigenvalue weighted by Crippen LogP contribution is -2.30. The van der Waals surface area contributed by atoms with E-state index in [9.17, 15) is 22.8 Å². The normalized spacial score (nSPS) is 16.2. The van der Waals surface area contributed by atoms with E-state index in [1.165, 1.54) is 6.07 Å². The van der Waals surface area contributed by atoms with Crippen molar-refractivity contribution in [2.24, 2.45) is 0 Å². The molecule has 0 bridgehead atoms. The Morgan fingerprint density at radius 2 is 1.72 bits per heavy atom. The summed E-state index contributed by atoms with van der Waals surface area (Å²) in [7, 11) is 0. The number of rotatable bonds is 7. The highest BCUT2D eigenvalue weighted by Gasteiger charge is 2.36. The maximum atomic E-state index is 13.9. The van der Waals surface area contributed by atoms with Crippen LogP contribution in [0.15, 0.2) is 30.3 Å². The van der Waals surface area contributed by atoms with Crippen LogP contribution in [0, 0.1) is 6.92 Å². The number of hydrogen-bond donors (Lipinski definition) is 0. The van der Waals surface area contributed by atoms with E-state index in [-0.39, 0.29) is 31.3 Å². The molecule has 4 rings (SSSR count). The molecule has 0 spiro atoms. The zero-order valence-corrected chi connectivity index (χ0v) is 23.2. The third-order valence-electron chi connectivity index (χ3n) is 7.53. The average Bonchev–Trinajstić information content (AvgIpc) is 3.31. The molecule has 2 aromatic rings. The lowest BCUT2D eigenvalue weighted by Gasteiger charge is -2.25. The first-order valence-electron chi connectivity index (χ1n) is 13.8. The molecule has 0 saturated heterocycles. The maximum absolute atomic E-state index is 13.9. The lowest BCUT2D eigenvalue weighted by molar-refractivity contribution is -0.155. The summed E-state index contributed by atoms with van der Waals surface area (Å²) < 4.78 is 53.1. The summed E-state index contributed by atoms with van der Waals surface area (Å²) in [5, 5.41) is 0. The van der Waals surface area contributed by atoms with Crippen LogP contribution in [0.2, 0.25) is 0 Å². The number of carbonyl (C=O) groups is 2. The molecule has 0 atom stereocenters. The molecule has 0 aromatic heterocycles. The van der Waals surface area contributed by atoms with E-state index < -0.39 is 23.3 Å². The van der Waals surface area contributed by atoms with Crippen molar-refractivity contribution in [2.45, 2.75) is 103 Å². The molecular formula is C31H38F3NO4. The van der Waals surface area contributed by atoms with Gasteiger partial charge in [0.25, 0.3) is 0 Å². The summed E-state index contributed by atoms with van der Waals surface area (Å²) in [5.41, 5.74) is 2.34. The van der Waals surface area contributed by atoms with Gasteiger partial charge in [0.2, 0.25) is 5.91 Å². The van der Waals surface area contributed by atoms with Crippen molar-refractivity contribution >= 4 is 17.6 Å². The molecule has 2 aromatic carbocycles. The minimum absolute atomic E-state index is 0.0154. The first-order valence-corrected chi connectivity index (χ1v) is 13.8. The Kier molecular flexibility index (Phi) is 8.62. The Morgan fingerprint density at radius 3 is 2.38 bits per heavy atom. The van der Waals surface area contributed by atoms with Gasteiger partial charge >= 0.3 is 12.1 Å². The number of hydrogen-bond acceptors (Lipinski definition) is 4. The Balaban J connectivity index is 1.43. The standard InChI is InChI=1S/C31H38F3NO4/c1-20-23-16-17-35(28(36)14-15-29(37)39-30(2,3)4)26(23)12-13-27(20)38-19-21-10-11-24(22-8-6-5-7-9-22)25(18-21)31(32,33)34/h10-13,18,22H,5-9,14-17,19H2,1-4H3. The second-order valence-electron chi connectivity index (χ2n) is 11.6. The monoisotopic (exact) mass is 545 g/mol. The number of anilines is 1. The van der Waals surface area contributed by atoms with Crippen LogP contribution in [0.4, 0.5) is 18.9 Å². The molecule has 8 heteroatoms. The molecule has 1 amide bonds. The van der Waals surface area contributed by atoms with E-state index in [0.29, 0.717) is 29.8 Å². The number of esters is 1. The number of carbonyl (C=O) groups excluding carboxylic acids is 2. The molecule has 0 radical (unpaired) electrons. The van der Waals surface area contributed by atoms with Crippen molar-refractivity contribution in [3.8, 4) is 5.75 Å². The van der Waals surface area contributed by atoms with Gasteiger partial charge in [-0.05, 0) is 93.3 Å². The van der Waals surface area contributed by atoms with Crippen LogP contribution in [0.5, 0.6) is 5.75 Å². The number of benzene rings is 2. The number of amides is 1. The maximum Gasteiger partial charge on any atom is 0.416 e. The number of alkyl halides is 3. The van der Waals surface area contributed by atoms with Crippen molar-refractivity contribution in [1.82, 2.24) is 0 Å². The molecule has 2 aliphatic rings. The highest BCUT2D eigenvalue weighted by Crippen LogP contribution is 2.41. The molecular weight excluding hydrogens is 507 g/mol. The van der Waals surface area contributed by atoms with Crippen LogP contribution in [-0.2, 0) is 33.5 Å². The zero-order chi connectivity index (χ0) is 28.4. The molecule has 1 saturated carbocycles. The summed E-state index contributed by atoms with van der Waals surface area (Å²) in [5.74, 6) is -0.0122. The number of nitrogens with zero attached hydrogens (tertiary/aromatic N) is 1. The fourth-order valence-electron chi connectivity index (χ4n) is 5.65. The highest BCUT2D eigenvalue weighted by molar-refractivity contribution is 5.97. The van der Waals surface area contributed by atoms with Gasteiger partial charge in [0.05, 0.1) is 12.0 Å². The Labute approximate surface area is 228 Å². The summed E-state index contributed by atoms with van der Waals surface area (Å²) in [4.78, 5) is 26.5. The molecule has 0 unspecified atom stereocenters. The third-order valence-corrected chi connectivity index (χ3v) is 7.53. The number of halogens is 3. The molecule has 5 nitrogen and oxygen atoms in total. The second kappa shape index (κ2) is 11.6. The van der Waals surface area contributed by atoms with Crippen LogP contribution in [-0.4, -0.2) is 24.0 Å². The van der Waals surface area contributed by atoms with Gasteiger partial charge in [-0.25, -0.2) is 0 Å². The minimum atomic E-state index is -4.41. The third kappa shape index (κ3) is 7.14. The van der Waals surface area contributed by atoms with Gasteiger partial charge in [-0.3, -0.25) is 9.59 Å². The molecule has 1 aliphatic carbocycles. The van der Waals surface area contributed by atoms with E-state index in [4.69, 9.17) is 9.47 Å². The first-order chi connectivity index (χ1) is 18.3. The number of ether oxygens (including phenoxy) is 2. The Hall–Kier alpha value is -3.03. The Morgan fingerprint density at radius 1 is 1.00 bits per heavy atom. The van der Waals surface area contributed by atoms with Gasteiger partial charge in [0.1, 0.15) is 18.0 Å². The van der Waals surface area contributed by atoms with Crippen LogP contribution in [0.1, 0.15) is 99.5 Å². The Bertz CT molecular complexity index is 1210. The van der Waals surface area contributed by atoms with E-state index in [0.717, 1.165) is 48.9 Å². The summed E-state index contributed by atoms with van der Waals surface area (Å²) in [6.45, 7) is 7.78. The van der Waals surface area contributed by atoms with Gasteiger partial charge in [-0.15, -0.1) is 0 Å². The summed E-state index contributed by atoms with van der Waals surface area (Å²) in [6.07, 6.45) is 0.931. The van der Waals surface area contributed by atoms with Crippen LogP contribution in [0.25, 0.3) is 0 Å². The van der Waals surface area contributed by atoms with Gasteiger partial charge in [-0.2, -0.15) is 13.2 Å². The topological polar surface area (TPSA) is 55.8 Å². The van der Waals surface area contributed by atoms with E-state index in [1.807, 2.05) is 13.0 Å². The van der Waals surface area contributed by atoms with Crippen molar-refractivity contribution in [3.05, 3.63) is 58.1 Å². The SMILES string of the molecule is Cc1c(OCc2ccc(C3CCCCC3)c(C(F)(F)F)c2)ccc2c1CCN2C(=O)CCC(=O)OC(C)(C)C. The predicted molar refractivity (Wildman–Crippen MR) is 144 cm³/mol.